The smallest absolute Gasteiger partial charge is 0.373 e. The number of alkyl halides is 3. The first-order valence-corrected chi connectivity index (χ1v) is 5.44. The van der Waals surface area contributed by atoms with Crippen molar-refractivity contribution in [1.29, 1.82) is 0 Å². The first kappa shape index (κ1) is 13.3. The Morgan fingerprint density at radius 2 is 1.84 bits per heavy atom. The molecular weight excluding hydrogens is 260 g/mol. The van der Waals surface area contributed by atoms with Gasteiger partial charge in [-0.25, -0.2) is 9.37 Å². The molecule has 100 valence electrons. The molecule has 0 bridgehead atoms. The Kier molecular flexibility index (Phi) is 3.42. The summed E-state index contributed by atoms with van der Waals surface area (Å²) in [6.45, 7) is 0. The molecule has 0 aliphatic rings. The van der Waals surface area contributed by atoms with Gasteiger partial charge in [-0.1, -0.05) is 6.07 Å². The van der Waals surface area contributed by atoms with Crippen LogP contribution in [0, 0.1) is 5.82 Å². The number of pyridine rings is 1. The topological polar surface area (TPSA) is 24.9 Å². The quantitative estimate of drug-likeness (QED) is 0.836. The van der Waals surface area contributed by atoms with Crippen molar-refractivity contribution < 1.29 is 17.6 Å². The molecule has 0 unspecified atom stereocenters. The monoisotopic (exact) mass is 270 g/mol. The number of hydrogen-bond donors (Lipinski definition) is 1. The highest BCUT2D eigenvalue weighted by molar-refractivity contribution is 5.62. The summed E-state index contributed by atoms with van der Waals surface area (Å²) >= 11 is 0. The van der Waals surface area contributed by atoms with Crippen molar-refractivity contribution in [2.75, 3.05) is 12.4 Å². The number of anilines is 1. The van der Waals surface area contributed by atoms with Gasteiger partial charge in [0.1, 0.15) is 11.6 Å². The fourth-order valence-electron chi connectivity index (χ4n) is 1.64. The third-order valence-corrected chi connectivity index (χ3v) is 2.57. The maximum atomic E-state index is 13.2. The molecule has 1 heterocycles. The maximum Gasteiger partial charge on any atom is 0.419 e. The van der Waals surface area contributed by atoms with E-state index < -0.39 is 17.6 Å². The second-order valence-electron chi connectivity index (χ2n) is 3.85. The molecule has 6 heteroatoms. The average Bonchev–Trinajstić information content (AvgIpc) is 2.38. The van der Waals surface area contributed by atoms with Gasteiger partial charge in [-0.2, -0.15) is 13.2 Å². The zero-order chi connectivity index (χ0) is 14.0. The Morgan fingerprint density at radius 3 is 2.47 bits per heavy atom. The van der Waals surface area contributed by atoms with E-state index in [9.17, 15) is 17.6 Å². The second kappa shape index (κ2) is 4.87. The first-order valence-electron chi connectivity index (χ1n) is 5.44. The Hall–Kier alpha value is -2.11. The molecule has 0 radical (unpaired) electrons. The molecule has 0 aliphatic heterocycles. The predicted molar refractivity (Wildman–Crippen MR) is 64.2 cm³/mol. The van der Waals surface area contributed by atoms with Crippen LogP contribution in [0.25, 0.3) is 11.3 Å². The van der Waals surface area contributed by atoms with Gasteiger partial charge in [0.25, 0.3) is 0 Å². The standard InChI is InChI=1S/C13H10F4N2/c1-18-12-4-2-3-11(19-12)8-5-6-10(14)9(7-8)13(15,16)17/h2-7H,1H3,(H,18,19). The van der Waals surface area contributed by atoms with E-state index in [0.717, 1.165) is 12.1 Å². The summed E-state index contributed by atoms with van der Waals surface area (Å²) < 4.78 is 51.0. The van der Waals surface area contributed by atoms with E-state index >= 15 is 0 Å². The Labute approximate surface area is 107 Å². The molecule has 1 aromatic carbocycles. The van der Waals surface area contributed by atoms with E-state index in [1.165, 1.54) is 6.07 Å². The van der Waals surface area contributed by atoms with Gasteiger partial charge in [0.2, 0.25) is 0 Å². The minimum atomic E-state index is -4.72. The van der Waals surface area contributed by atoms with Crippen molar-refractivity contribution in [3.8, 4) is 11.3 Å². The van der Waals surface area contributed by atoms with Gasteiger partial charge < -0.3 is 5.32 Å². The number of aromatic nitrogens is 1. The summed E-state index contributed by atoms with van der Waals surface area (Å²) in [6.07, 6.45) is -4.72. The largest absolute Gasteiger partial charge is 0.419 e. The van der Waals surface area contributed by atoms with E-state index in [1.54, 1.807) is 25.2 Å². The van der Waals surface area contributed by atoms with Gasteiger partial charge in [-0.15, -0.1) is 0 Å². The molecule has 19 heavy (non-hydrogen) atoms. The molecule has 1 aromatic heterocycles. The van der Waals surface area contributed by atoms with Crippen molar-refractivity contribution in [3.63, 3.8) is 0 Å². The highest BCUT2D eigenvalue weighted by Crippen LogP contribution is 2.34. The van der Waals surface area contributed by atoms with Gasteiger partial charge in [-0.3, -0.25) is 0 Å². The number of nitrogens with zero attached hydrogens (tertiary/aromatic N) is 1. The lowest BCUT2D eigenvalue weighted by Crippen LogP contribution is -2.08. The van der Waals surface area contributed by atoms with Gasteiger partial charge in [-0.05, 0) is 30.3 Å². The van der Waals surface area contributed by atoms with Crippen molar-refractivity contribution >= 4 is 5.82 Å². The average molecular weight is 270 g/mol. The zero-order valence-electron chi connectivity index (χ0n) is 9.92. The van der Waals surface area contributed by atoms with Crippen LogP contribution in [0.2, 0.25) is 0 Å². The third kappa shape index (κ3) is 2.83. The summed E-state index contributed by atoms with van der Waals surface area (Å²) in [5, 5.41) is 2.79. The highest BCUT2D eigenvalue weighted by atomic mass is 19.4. The molecule has 2 nitrogen and oxygen atoms in total. The van der Waals surface area contributed by atoms with Crippen LogP contribution in [0.5, 0.6) is 0 Å². The summed E-state index contributed by atoms with van der Waals surface area (Å²) in [6, 6.07) is 7.73. The van der Waals surface area contributed by atoms with Gasteiger partial charge in [0.05, 0.1) is 11.3 Å². The number of halogens is 4. The number of hydrogen-bond acceptors (Lipinski definition) is 2. The number of nitrogens with one attached hydrogen (secondary N) is 1. The molecule has 1 N–H and O–H groups in total. The first-order chi connectivity index (χ1) is 8.91. The van der Waals surface area contributed by atoms with E-state index in [0.29, 0.717) is 11.5 Å². The molecule has 0 aliphatic carbocycles. The molecule has 0 spiro atoms. The van der Waals surface area contributed by atoms with Crippen molar-refractivity contribution in [2.45, 2.75) is 6.18 Å². The minimum Gasteiger partial charge on any atom is -0.373 e. The van der Waals surface area contributed by atoms with E-state index in [1.807, 2.05) is 0 Å². The number of benzene rings is 1. The fourth-order valence-corrected chi connectivity index (χ4v) is 1.64. The SMILES string of the molecule is CNc1cccc(-c2ccc(F)c(C(F)(F)F)c2)n1. The van der Waals surface area contributed by atoms with Crippen LogP contribution >= 0.6 is 0 Å². The van der Waals surface area contributed by atoms with Crippen LogP contribution < -0.4 is 5.32 Å². The van der Waals surface area contributed by atoms with Crippen LogP contribution in [-0.2, 0) is 6.18 Å². The lowest BCUT2D eigenvalue weighted by molar-refractivity contribution is -0.139. The summed E-state index contributed by atoms with van der Waals surface area (Å²) in [5.41, 5.74) is -0.732. The predicted octanol–water partition coefficient (Wildman–Crippen LogP) is 3.95. The molecule has 0 saturated carbocycles. The summed E-state index contributed by atoms with van der Waals surface area (Å²) in [4.78, 5) is 4.11. The molecular formula is C13H10F4N2. The van der Waals surface area contributed by atoms with E-state index in [2.05, 4.69) is 10.3 Å². The summed E-state index contributed by atoms with van der Waals surface area (Å²) in [7, 11) is 1.65. The lowest BCUT2D eigenvalue weighted by Gasteiger charge is -2.10. The van der Waals surface area contributed by atoms with Gasteiger partial charge >= 0.3 is 6.18 Å². The van der Waals surface area contributed by atoms with Crippen LogP contribution in [-0.4, -0.2) is 12.0 Å². The van der Waals surface area contributed by atoms with Crippen molar-refractivity contribution in [3.05, 3.63) is 47.8 Å². The van der Waals surface area contributed by atoms with E-state index in [4.69, 9.17) is 0 Å². The fraction of sp³-hybridized carbons (Fsp3) is 0.154. The van der Waals surface area contributed by atoms with Gasteiger partial charge in [0.15, 0.2) is 0 Å². The maximum absolute atomic E-state index is 13.2. The van der Waals surface area contributed by atoms with E-state index in [-0.39, 0.29) is 5.56 Å². The Morgan fingerprint density at radius 1 is 1.11 bits per heavy atom. The third-order valence-electron chi connectivity index (χ3n) is 2.57. The summed E-state index contributed by atoms with van der Waals surface area (Å²) in [5.74, 6) is -0.767. The molecule has 0 saturated heterocycles. The minimum absolute atomic E-state index is 0.214. The highest BCUT2D eigenvalue weighted by Gasteiger charge is 2.34. The molecule has 2 rings (SSSR count). The molecule has 0 fully saturated rings. The molecule has 2 aromatic rings. The van der Waals surface area contributed by atoms with Crippen molar-refractivity contribution in [1.82, 2.24) is 4.98 Å². The van der Waals surface area contributed by atoms with Crippen LogP contribution in [0.4, 0.5) is 23.4 Å². The second-order valence-corrected chi connectivity index (χ2v) is 3.85. The molecule has 0 amide bonds. The van der Waals surface area contributed by atoms with Crippen LogP contribution in [0.3, 0.4) is 0 Å². The Bertz CT molecular complexity index is 593. The van der Waals surface area contributed by atoms with Crippen LogP contribution in [0.15, 0.2) is 36.4 Å². The zero-order valence-corrected chi connectivity index (χ0v) is 9.92. The normalized spacial score (nSPS) is 11.4. The molecule has 0 atom stereocenters. The van der Waals surface area contributed by atoms with Crippen LogP contribution in [0.1, 0.15) is 5.56 Å². The lowest BCUT2D eigenvalue weighted by atomic mass is 10.1. The number of rotatable bonds is 2. The Balaban J connectivity index is 2.51. The van der Waals surface area contributed by atoms with Crippen molar-refractivity contribution in [2.24, 2.45) is 0 Å². The van der Waals surface area contributed by atoms with Gasteiger partial charge in [0, 0.05) is 12.6 Å².